The van der Waals surface area contributed by atoms with E-state index in [0.29, 0.717) is 6.61 Å². The average Bonchev–Trinajstić information content (AvgIpc) is 2.61. The van der Waals surface area contributed by atoms with E-state index in [9.17, 15) is 14.4 Å². The van der Waals surface area contributed by atoms with E-state index in [4.69, 9.17) is 15.2 Å². The molecule has 0 aliphatic carbocycles. The highest BCUT2D eigenvalue weighted by Gasteiger charge is 2.17. The van der Waals surface area contributed by atoms with Crippen molar-refractivity contribution in [1.29, 1.82) is 0 Å². The van der Waals surface area contributed by atoms with Crippen molar-refractivity contribution in [3.05, 3.63) is 35.9 Å². The van der Waals surface area contributed by atoms with Gasteiger partial charge in [-0.15, -0.1) is 0 Å². The zero-order valence-electron chi connectivity index (χ0n) is 14.7. The van der Waals surface area contributed by atoms with Gasteiger partial charge in [-0.05, 0) is 17.9 Å². The van der Waals surface area contributed by atoms with Gasteiger partial charge < -0.3 is 20.5 Å². The van der Waals surface area contributed by atoms with Gasteiger partial charge in [0.15, 0.2) is 0 Å². The number of carbonyl (C=O) groups excluding carboxylic acids is 3. The maximum Gasteiger partial charge on any atom is 0.325 e. The molecule has 0 fully saturated rings. The Labute approximate surface area is 147 Å². The minimum absolute atomic E-state index is 0.0317. The number of rotatable bonds is 10. The number of nitrogens with two attached hydrogens (primary N) is 1. The first kappa shape index (κ1) is 20.6. The van der Waals surface area contributed by atoms with Crippen molar-refractivity contribution in [2.24, 2.45) is 11.7 Å². The van der Waals surface area contributed by atoms with Crippen LogP contribution in [-0.4, -0.2) is 37.0 Å². The fourth-order valence-electron chi connectivity index (χ4n) is 1.81. The van der Waals surface area contributed by atoms with Crippen LogP contribution in [0.4, 0.5) is 0 Å². The third-order valence-electron chi connectivity index (χ3n) is 3.22. The van der Waals surface area contributed by atoms with Crippen LogP contribution < -0.4 is 11.1 Å². The zero-order chi connectivity index (χ0) is 18.7. The Kier molecular flexibility index (Phi) is 9.24. The standard InChI is InChI=1S/C18H26N2O5/c1-13(2)11-25-18(23)15(19)8-9-16(21)20-10-17(22)24-12-14-6-4-3-5-7-14/h3-7,13,15H,8-12,19H2,1-2H3,(H,20,21). The van der Waals surface area contributed by atoms with Gasteiger partial charge in [0, 0.05) is 6.42 Å². The van der Waals surface area contributed by atoms with E-state index in [-0.39, 0.29) is 37.8 Å². The van der Waals surface area contributed by atoms with Crippen LogP contribution in [0.3, 0.4) is 0 Å². The number of hydrogen-bond donors (Lipinski definition) is 2. The minimum Gasteiger partial charge on any atom is -0.464 e. The van der Waals surface area contributed by atoms with Crippen molar-refractivity contribution in [2.75, 3.05) is 13.2 Å². The normalized spacial score (nSPS) is 11.7. The first-order valence-corrected chi connectivity index (χ1v) is 8.27. The van der Waals surface area contributed by atoms with Gasteiger partial charge in [0.1, 0.15) is 19.2 Å². The Bertz CT molecular complexity index is 560. The largest absolute Gasteiger partial charge is 0.464 e. The van der Waals surface area contributed by atoms with Crippen molar-refractivity contribution < 1.29 is 23.9 Å². The molecule has 1 atom stereocenters. The Balaban J connectivity index is 2.17. The lowest BCUT2D eigenvalue weighted by atomic mass is 10.1. The van der Waals surface area contributed by atoms with Gasteiger partial charge in [-0.3, -0.25) is 14.4 Å². The highest BCUT2D eigenvalue weighted by atomic mass is 16.5. The predicted molar refractivity (Wildman–Crippen MR) is 92.3 cm³/mol. The Morgan fingerprint density at radius 3 is 2.44 bits per heavy atom. The molecule has 0 aliphatic heterocycles. The summed E-state index contributed by atoms with van der Waals surface area (Å²) >= 11 is 0. The summed E-state index contributed by atoms with van der Waals surface area (Å²) in [6.45, 7) is 4.07. The molecule has 0 radical (unpaired) electrons. The molecule has 25 heavy (non-hydrogen) atoms. The van der Waals surface area contributed by atoms with Crippen LogP contribution in [0.1, 0.15) is 32.3 Å². The van der Waals surface area contributed by atoms with Gasteiger partial charge in [0.25, 0.3) is 0 Å². The second-order valence-corrected chi connectivity index (χ2v) is 6.09. The topological polar surface area (TPSA) is 108 Å². The molecule has 1 unspecified atom stereocenters. The van der Waals surface area contributed by atoms with Crippen LogP contribution in [0, 0.1) is 5.92 Å². The maximum atomic E-state index is 11.7. The Hall–Kier alpha value is -2.41. The summed E-state index contributed by atoms with van der Waals surface area (Å²) in [4.78, 5) is 34.9. The molecule has 0 bridgehead atoms. The first-order valence-electron chi connectivity index (χ1n) is 8.27. The van der Waals surface area contributed by atoms with Gasteiger partial charge in [-0.1, -0.05) is 44.2 Å². The molecular weight excluding hydrogens is 324 g/mol. The van der Waals surface area contributed by atoms with E-state index in [0.717, 1.165) is 5.56 Å². The lowest BCUT2D eigenvalue weighted by molar-refractivity contribution is -0.147. The van der Waals surface area contributed by atoms with Crippen LogP contribution in [0.2, 0.25) is 0 Å². The van der Waals surface area contributed by atoms with Gasteiger partial charge >= 0.3 is 11.9 Å². The van der Waals surface area contributed by atoms with Crippen LogP contribution in [0.5, 0.6) is 0 Å². The number of benzene rings is 1. The smallest absolute Gasteiger partial charge is 0.325 e. The van der Waals surface area contributed by atoms with Gasteiger partial charge in [0.2, 0.25) is 5.91 Å². The second kappa shape index (κ2) is 11.2. The SMILES string of the molecule is CC(C)COC(=O)C(N)CCC(=O)NCC(=O)OCc1ccccc1. The maximum absolute atomic E-state index is 11.7. The number of esters is 2. The van der Waals surface area contributed by atoms with Gasteiger partial charge in [0.05, 0.1) is 6.61 Å². The molecule has 0 heterocycles. The molecule has 0 saturated carbocycles. The molecule has 0 saturated heterocycles. The molecule has 0 aromatic heterocycles. The van der Waals surface area contributed by atoms with E-state index in [1.54, 1.807) is 0 Å². The van der Waals surface area contributed by atoms with Crippen molar-refractivity contribution in [1.82, 2.24) is 5.32 Å². The fourth-order valence-corrected chi connectivity index (χ4v) is 1.81. The van der Waals surface area contributed by atoms with E-state index in [1.807, 2.05) is 44.2 Å². The number of amides is 1. The van der Waals surface area contributed by atoms with E-state index in [2.05, 4.69) is 5.32 Å². The van der Waals surface area contributed by atoms with Crippen molar-refractivity contribution >= 4 is 17.8 Å². The molecular formula is C18H26N2O5. The molecule has 7 nitrogen and oxygen atoms in total. The first-order chi connectivity index (χ1) is 11.9. The predicted octanol–water partition coefficient (Wildman–Crippen LogP) is 1.15. The minimum atomic E-state index is -0.852. The fraction of sp³-hybridized carbons (Fsp3) is 0.500. The molecule has 0 aliphatic rings. The lowest BCUT2D eigenvalue weighted by Crippen LogP contribution is -2.36. The summed E-state index contributed by atoms with van der Waals surface area (Å²) in [6, 6.07) is 8.39. The molecule has 138 valence electrons. The number of hydrogen-bond acceptors (Lipinski definition) is 6. The van der Waals surface area contributed by atoms with Crippen LogP contribution >= 0.6 is 0 Å². The second-order valence-electron chi connectivity index (χ2n) is 6.09. The summed E-state index contributed by atoms with van der Waals surface area (Å²) in [5.74, 6) is -1.20. The molecule has 1 rings (SSSR count). The zero-order valence-corrected chi connectivity index (χ0v) is 14.7. The summed E-state index contributed by atoms with van der Waals surface area (Å²) in [7, 11) is 0. The summed E-state index contributed by atoms with van der Waals surface area (Å²) in [5.41, 5.74) is 6.54. The summed E-state index contributed by atoms with van der Waals surface area (Å²) in [6.07, 6.45) is 0.186. The molecule has 1 aromatic rings. The Morgan fingerprint density at radius 1 is 1.12 bits per heavy atom. The van der Waals surface area contributed by atoms with E-state index >= 15 is 0 Å². The van der Waals surface area contributed by atoms with Gasteiger partial charge in [-0.2, -0.15) is 0 Å². The van der Waals surface area contributed by atoms with Crippen LogP contribution in [-0.2, 0) is 30.5 Å². The molecule has 0 spiro atoms. The number of nitrogens with one attached hydrogen (secondary N) is 1. The Morgan fingerprint density at radius 2 is 1.80 bits per heavy atom. The molecule has 1 aromatic carbocycles. The van der Waals surface area contributed by atoms with Crippen LogP contribution in [0.15, 0.2) is 30.3 Å². The van der Waals surface area contributed by atoms with Crippen LogP contribution in [0.25, 0.3) is 0 Å². The number of ether oxygens (including phenoxy) is 2. The van der Waals surface area contributed by atoms with Crippen molar-refractivity contribution in [2.45, 2.75) is 39.3 Å². The monoisotopic (exact) mass is 350 g/mol. The molecule has 3 N–H and O–H groups in total. The van der Waals surface area contributed by atoms with Crippen molar-refractivity contribution in [3.8, 4) is 0 Å². The quantitative estimate of drug-likeness (QED) is 0.613. The van der Waals surface area contributed by atoms with Crippen molar-refractivity contribution in [3.63, 3.8) is 0 Å². The third kappa shape index (κ3) is 9.46. The highest BCUT2D eigenvalue weighted by Crippen LogP contribution is 2.02. The van der Waals surface area contributed by atoms with E-state index < -0.39 is 18.0 Å². The summed E-state index contributed by atoms with van der Waals surface area (Å²) < 4.78 is 10.0. The molecule has 7 heteroatoms. The van der Waals surface area contributed by atoms with E-state index in [1.165, 1.54) is 0 Å². The third-order valence-corrected chi connectivity index (χ3v) is 3.22. The lowest BCUT2D eigenvalue weighted by Gasteiger charge is -2.12. The highest BCUT2D eigenvalue weighted by molar-refractivity contribution is 5.82. The number of carbonyl (C=O) groups is 3. The van der Waals surface area contributed by atoms with Gasteiger partial charge in [-0.25, -0.2) is 0 Å². The molecule has 1 amide bonds. The average molecular weight is 350 g/mol. The summed E-state index contributed by atoms with van der Waals surface area (Å²) in [5, 5.41) is 2.44.